The highest BCUT2D eigenvalue weighted by Gasteiger charge is 2.16. The van der Waals surface area contributed by atoms with Crippen molar-refractivity contribution in [2.75, 3.05) is 5.73 Å². The first-order valence-electron chi connectivity index (χ1n) is 4.74. The van der Waals surface area contributed by atoms with E-state index in [-0.39, 0.29) is 11.5 Å². The van der Waals surface area contributed by atoms with E-state index in [1.807, 2.05) is 0 Å². The fourth-order valence-electron chi connectivity index (χ4n) is 1.44. The lowest BCUT2D eigenvalue weighted by Crippen LogP contribution is -2.02. The lowest BCUT2D eigenvalue weighted by Gasteiger charge is -1.99. The highest BCUT2D eigenvalue weighted by molar-refractivity contribution is 6.30. The van der Waals surface area contributed by atoms with Crippen molar-refractivity contribution >= 4 is 23.1 Å². The van der Waals surface area contributed by atoms with Gasteiger partial charge in [0.15, 0.2) is 5.76 Å². The molecule has 1 heterocycles. The number of carbonyl (C=O) groups is 1. The third kappa shape index (κ3) is 1.95. The summed E-state index contributed by atoms with van der Waals surface area (Å²) < 4.78 is 5.25. The van der Waals surface area contributed by atoms with E-state index in [0.717, 1.165) is 0 Å². The number of halogens is 1. The van der Waals surface area contributed by atoms with Crippen molar-refractivity contribution in [3.63, 3.8) is 0 Å². The third-order valence-corrected chi connectivity index (χ3v) is 2.45. The molecule has 0 amide bonds. The van der Waals surface area contributed by atoms with Gasteiger partial charge in [0, 0.05) is 16.7 Å². The molecule has 0 saturated carbocycles. The minimum Gasteiger partial charge on any atom is -0.456 e. The summed E-state index contributed by atoms with van der Waals surface area (Å²) in [4.78, 5) is 12.0. The highest BCUT2D eigenvalue weighted by Crippen LogP contribution is 2.21. The molecule has 0 radical (unpaired) electrons. The predicted octanol–water partition coefficient (Wildman–Crippen LogP) is 3.05. The van der Waals surface area contributed by atoms with Crippen molar-refractivity contribution in [3.05, 3.63) is 52.4 Å². The summed E-state index contributed by atoms with van der Waals surface area (Å²) in [5.41, 5.74) is 6.53. The molecule has 2 rings (SSSR count). The normalized spacial score (nSPS) is 10.4. The van der Waals surface area contributed by atoms with Gasteiger partial charge in [-0.15, -0.1) is 0 Å². The van der Waals surface area contributed by atoms with Crippen molar-refractivity contribution in [3.8, 4) is 0 Å². The first kappa shape index (κ1) is 10.8. The van der Waals surface area contributed by atoms with Gasteiger partial charge in [-0.25, -0.2) is 0 Å². The molecule has 0 fully saturated rings. The Morgan fingerprint density at radius 3 is 2.44 bits per heavy atom. The van der Waals surface area contributed by atoms with Crippen LogP contribution < -0.4 is 5.73 Å². The molecule has 0 saturated heterocycles. The molecule has 0 bridgehead atoms. The number of nitrogen functional groups attached to an aromatic ring is 1. The molecule has 16 heavy (non-hydrogen) atoms. The SMILES string of the molecule is Cc1cc(N)c(C(=O)c2ccc(Cl)cc2)o1. The minimum absolute atomic E-state index is 0.180. The lowest BCUT2D eigenvalue weighted by molar-refractivity contribution is 0.101. The Morgan fingerprint density at radius 1 is 1.31 bits per heavy atom. The van der Waals surface area contributed by atoms with Crippen LogP contribution in [-0.2, 0) is 0 Å². The summed E-state index contributed by atoms with van der Waals surface area (Å²) in [6, 6.07) is 8.22. The van der Waals surface area contributed by atoms with Crippen LogP contribution in [0.1, 0.15) is 21.9 Å². The fourth-order valence-corrected chi connectivity index (χ4v) is 1.57. The van der Waals surface area contributed by atoms with Crippen LogP contribution in [0.25, 0.3) is 0 Å². The number of hydrogen-bond acceptors (Lipinski definition) is 3. The number of rotatable bonds is 2. The number of benzene rings is 1. The average Bonchev–Trinajstić information content (AvgIpc) is 2.58. The van der Waals surface area contributed by atoms with Crippen molar-refractivity contribution in [1.29, 1.82) is 0 Å². The molecule has 1 aromatic carbocycles. The van der Waals surface area contributed by atoms with Crippen molar-refractivity contribution < 1.29 is 9.21 Å². The predicted molar refractivity (Wildman–Crippen MR) is 62.7 cm³/mol. The average molecular weight is 236 g/mol. The van der Waals surface area contributed by atoms with Gasteiger partial charge in [0.2, 0.25) is 5.78 Å². The summed E-state index contributed by atoms with van der Waals surface area (Å²) in [7, 11) is 0. The molecule has 2 N–H and O–H groups in total. The summed E-state index contributed by atoms with van der Waals surface area (Å²) >= 11 is 5.74. The van der Waals surface area contributed by atoms with Gasteiger partial charge in [0.05, 0.1) is 5.69 Å². The topological polar surface area (TPSA) is 56.2 Å². The van der Waals surface area contributed by atoms with Crippen LogP contribution in [0.5, 0.6) is 0 Å². The van der Waals surface area contributed by atoms with Gasteiger partial charge in [-0.2, -0.15) is 0 Å². The van der Waals surface area contributed by atoms with Crippen LogP contribution in [-0.4, -0.2) is 5.78 Å². The molecule has 0 aliphatic heterocycles. The first-order valence-corrected chi connectivity index (χ1v) is 5.12. The van der Waals surface area contributed by atoms with Crippen LogP contribution in [0.2, 0.25) is 5.02 Å². The second kappa shape index (κ2) is 4.02. The van der Waals surface area contributed by atoms with E-state index < -0.39 is 0 Å². The van der Waals surface area contributed by atoms with Crippen LogP contribution in [0.3, 0.4) is 0 Å². The molecule has 0 aliphatic rings. The second-order valence-corrected chi connectivity index (χ2v) is 3.91. The molecular formula is C12H10ClNO2. The Hall–Kier alpha value is -1.74. The maximum absolute atomic E-state index is 12.0. The second-order valence-electron chi connectivity index (χ2n) is 3.48. The Labute approximate surface area is 97.8 Å². The van der Waals surface area contributed by atoms with Crippen LogP contribution in [0.15, 0.2) is 34.7 Å². The molecule has 0 atom stereocenters. The van der Waals surface area contributed by atoms with Gasteiger partial charge >= 0.3 is 0 Å². The number of ketones is 1. The van der Waals surface area contributed by atoms with Gasteiger partial charge in [0.1, 0.15) is 5.76 Å². The smallest absolute Gasteiger partial charge is 0.230 e. The Morgan fingerprint density at radius 2 is 1.94 bits per heavy atom. The molecule has 0 spiro atoms. The number of carbonyl (C=O) groups excluding carboxylic acids is 1. The molecule has 3 nitrogen and oxygen atoms in total. The van der Waals surface area contributed by atoms with Crippen molar-refractivity contribution in [1.82, 2.24) is 0 Å². The third-order valence-electron chi connectivity index (χ3n) is 2.20. The number of furan rings is 1. The zero-order valence-electron chi connectivity index (χ0n) is 8.66. The van der Waals surface area contributed by atoms with E-state index in [2.05, 4.69) is 0 Å². The van der Waals surface area contributed by atoms with Gasteiger partial charge in [0.25, 0.3) is 0 Å². The fraction of sp³-hybridized carbons (Fsp3) is 0.0833. The standard InChI is InChI=1S/C12H10ClNO2/c1-7-6-10(14)12(16-7)11(15)8-2-4-9(13)5-3-8/h2-6H,14H2,1H3. The van der Waals surface area contributed by atoms with Crippen molar-refractivity contribution in [2.24, 2.45) is 0 Å². The van der Waals surface area contributed by atoms with Crippen LogP contribution >= 0.6 is 11.6 Å². The zero-order chi connectivity index (χ0) is 11.7. The van der Waals surface area contributed by atoms with E-state index in [4.69, 9.17) is 21.8 Å². The van der Waals surface area contributed by atoms with E-state index in [1.54, 1.807) is 37.3 Å². The van der Waals surface area contributed by atoms with Gasteiger partial charge in [-0.1, -0.05) is 11.6 Å². The summed E-state index contributed by atoms with van der Waals surface area (Å²) in [6.45, 7) is 1.75. The molecule has 1 aromatic heterocycles. The maximum atomic E-state index is 12.0. The van der Waals surface area contributed by atoms with Gasteiger partial charge in [-0.05, 0) is 31.2 Å². The Bertz CT molecular complexity index is 528. The molecular weight excluding hydrogens is 226 g/mol. The van der Waals surface area contributed by atoms with E-state index in [0.29, 0.717) is 22.0 Å². The largest absolute Gasteiger partial charge is 0.456 e. The zero-order valence-corrected chi connectivity index (χ0v) is 9.41. The quantitative estimate of drug-likeness (QED) is 0.814. The van der Waals surface area contributed by atoms with E-state index in [9.17, 15) is 4.79 Å². The van der Waals surface area contributed by atoms with E-state index in [1.165, 1.54) is 0 Å². The van der Waals surface area contributed by atoms with Crippen molar-refractivity contribution in [2.45, 2.75) is 6.92 Å². The minimum atomic E-state index is -0.234. The molecule has 0 aliphatic carbocycles. The first-order chi connectivity index (χ1) is 7.58. The molecule has 4 heteroatoms. The van der Waals surface area contributed by atoms with Gasteiger partial charge in [-0.3, -0.25) is 4.79 Å². The Kier molecular flexibility index (Phi) is 2.71. The number of anilines is 1. The lowest BCUT2D eigenvalue weighted by atomic mass is 10.1. The highest BCUT2D eigenvalue weighted by atomic mass is 35.5. The molecule has 2 aromatic rings. The summed E-state index contributed by atoms with van der Waals surface area (Å²) in [5, 5.41) is 0.583. The number of aryl methyl sites for hydroxylation is 1. The summed E-state index contributed by atoms with van der Waals surface area (Å²) in [5.74, 6) is 0.567. The van der Waals surface area contributed by atoms with Gasteiger partial charge < -0.3 is 10.2 Å². The number of hydrogen-bond donors (Lipinski definition) is 1. The van der Waals surface area contributed by atoms with Crippen LogP contribution in [0.4, 0.5) is 5.69 Å². The molecule has 0 unspecified atom stereocenters. The maximum Gasteiger partial charge on any atom is 0.230 e. The Balaban J connectivity index is 2.39. The van der Waals surface area contributed by atoms with Crippen LogP contribution in [0, 0.1) is 6.92 Å². The molecule has 82 valence electrons. The van der Waals surface area contributed by atoms with E-state index >= 15 is 0 Å². The number of nitrogens with two attached hydrogens (primary N) is 1. The summed E-state index contributed by atoms with van der Waals surface area (Å²) in [6.07, 6.45) is 0. The monoisotopic (exact) mass is 235 g/mol.